The van der Waals surface area contributed by atoms with Crippen LogP contribution in [0.15, 0.2) is 0 Å². The van der Waals surface area contributed by atoms with Gasteiger partial charge in [-0.15, -0.1) is 0 Å². The molecule has 0 unspecified atom stereocenters. The zero-order valence-corrected chi connectivity index (χ0v) is 12.9. The Morgan fingerprint density at radius 1 is 1.33 bits per heavy atom. The van der Waals surface area contributed by atoms with Gasteiger partial charge in [0, 0.05) is 27.2 Å². The number of nitrogens with zero attached hydrogens (tertiary/aromatic N) is 3. The molecule has 0 aliphatic rings. The molecule has 0 saturated heterocycles. The molecule has 0 fully saturated rings. The highest BCUT2D eigenvalue weighted by Gasteiger charge is 2.24. The monoisotopic (exact) mass is 298 g/mol. The van der Waals surface area contributed by atoms with Crippen LogP contribution < -0.4 is 5.73 Å². The van der Waals surface area contributed by atoms with Crippen molar-refractivity contribution in [2.45, 2.75) is 13.3 Å². The van der Waals surface area contributed by atoms with Gasteiger partial charge in [0.1, 0.15) is 5.69 Å². The maximum Gasteiger partial charge on any atom is 0.307 e. The third-order valence-corrected chi connectivity index (χ3v) is 3.14. The van der Waals surface area contributed by atoms with E-state index in [-0.39, 0.29) is 24.8 Å². The minimum absolute atomic E-state index is 0.114. The fourth-order valence-corrected chi connectivity index (χ4v) is 1.92. The Hall–Kier alpha value is -2.09. The molecule has 2 N–H and O–H groups in total. The smallest absolute Gasteiger partial charge is 0.307 e. The number of carbonyl (C=O) groups excluding carboxylic acids is 2. The van der Waals surface area contributed by atoms with E-state index in [2.05, 4.69) is 9.84 Å². The van der Waals surface area contributed by atoms with E-state index in [1.807, 2.05) is 0 Å². The molecule has 1 aromatic heterocycles. The molecule has 8 heteroatoms. The van der Waals surface area contributed by atoms with Gasteiger partial charge < -0.3 is 20.1 Å². The van der Waals surface area contributed by atoms with Gasteiger partial charge in [0.25, 0.3) is 5.91 Å². The Balaban J connectivity index is 2.90. The zero-order chi connectivity index (χ0) is 16.0. The topological polar surface area (TPSA) is 99.7 Å². The van der Waals surface area contributed by atoms with Gasteiger partial charge in [0.15, 0.2) is 0 Å². The average Bonchev–Trinajstić information content (AvgIpc) is 2.71. The standard InChI is InChI=1S/C13H22N4O4/c1-9-11(14)12(16(2)15-9)13(19)17(7-8-20-3)6-5-10(18)21-4/h5-8,14H2,1-4H3. The van der Waals surface area contributed by atoms with Crippen LogP contribution in [0.25, 0.3) is 0 Å². The molecule has 1 aromatic rings. The summed E-state index contributed by atoms with van der Waals surface area (Å²) in [5.74, 6) is -0.657. The number of ether oxygens (including phenoxy) is 2. The molecule has 0 atom stereocenters. The third kappa shape index (κ3) is 4.19. The van der Waals surface area contributed by atoms with Crippen molar-refractivity contribution in [3.8, 4) is 0 Å². The lowest BCUT2D eigenvalue weighted by Gasteiger charge is -2.22. The number of nitrogens with two attached hydrogens (primary N) is 1. The van der Waals surface area contributed by atoms with Crippen molar-refractivity contribution >= 4 is 17.6 Å². The van der Waals surface area contributed by atoms with Crippen LogP contribution in [0.1, 0.15) is 22.6 Å². The summed E-state index contributed by atoms with van der Waals surface area (Å²) in [4.78, 5) is 25.3. The molecular weight excluding hydrogens is 276 g/mol. The molecule has 1 heterocycles. The fraction of sp³-hybridized carbons (Fsp3) is 0.615. The lowest BCUT2D eigenvalue weighted by molar-refractivity contribution is -0.140. The second kappa shape index (κ2) is 7.63. The summed E-state index contributed by atoms with van der Waals surface area (Å²) < 4.78 is 11.0. The minimum Gasteiger partial charge on any atom is -0.469 e. The predicted octanol–water partition coefficient (Wildman–Crippen LogP) is -0.0376. The van der Waals surface area contributed by atoms with Gasteiger partial charge in [-0.25, -0.2) is 0 Å². The lowest BCUT2D eigenvalue weighted by Crippen LogP contribution is -2.37. The Kier molecular flexibility index (Phi) is 6.16. The first-order valence-corrected chi connectivity index (χ1v) is 6.56. The van der Waals surface area contributed by atoms with Crippen molar-refractivity contribution in [1.29, 1.82) is 0 Å². The van der Waals surface area contributed by atoms with Crippen molar-refractivity contribution < 1.29 is 19.1 Å². The molecule has 8 nitrogen and oxygen atoms in total. The SMILES string of the molecule is COCCN(CCC(=O)OC)C(=O)c1c(N)c(C)nn1C. The third-order valence-electron chi connectivity index (χ3n) is 3.14. The van der Waals surface area contributed by atoms with E-state index >= 15 is 0 Å². The van der Waals surface area contributed by atoms with Crippen LogP contribution in [0.5, 0.6) is 0 Å². The van der Waals surface area contributed by atoms with Crippen LogP contribution in [0.2, 0.25) is 0 Å². The van der Waals surface area contributed by atoms with Gasteiger partial charge >= 0.3 is 5.97 Å². The molecule has 0 radical (unpaired) electrons. The van der Waals surface area contributed by atoms with E-state index < -0.39 is 0 Å². The molecule has 0 spiro atoms. The number of aryl methyl sites for hydroxylation is 2. The van der Waals surface area contributed by atoms with Crippen molar-refractivity contribution in [2.24, 2.45) is 7.05 Å². The maximum absolute atomic E-state index is 12.6. The lowest BCUT2D eigenvalue weighted by atomic mass is 10.2. The van der Waals surface area contributed by atoms with E-state index in [0.717, 1.165) is 0 Å². The molecule has 1 rings (SSSR count). The number of carbonyl (C=O) groups is 2. The Labute approximate surface area is 123 Å². The predicted molar refractivity (Wildman–Crippen MR) is 76.8 cm³/mol. The molecule has 0 saturated carbocycles. The normalized spacial score (nSPS) is 10.5. The second-order valence-corrected chi connectivity index (χ2v) is 4.58. The molecule has 21 heavy (non-hydrogen) atoms. The van der Waals surface area contributed by atoms with Crippen molar-refractivity contribution in [3.63, 3.8) is 0 Å². The highest BCUT2D eigenvalue weighted by atomic mass is 16.5. The van der Waals surface area contributed by atoms with E-state index in [0.29, 0.717) is 30.2 Å². The van der Waals surface area contributed by atoms with E-state index in [4.69, 9.17) is 10.5 Å². The molecule has 0 aliphatic heterocycles. The van der Waals surface area contributed by atoms with Crippen LogP contribution in [0.4, 0.5) is 5.69 Å². The number of amides is 1. The number of hydrogen-bond donors (Lipinski definition) is 1. The Bertz CT molecular complexity index is 513. The van der Waals surface area contributed by atoms with Crippen molar-refractivity contribution in [1.82, 2.24) is 14.7 Å². The first kappa shape index (κ1) is 17.0. The Morgan fingerprint density at radius 3 is 2.48 bits per heavy atom. The largest absolute Gasteiger partial charge is 0.469 e. The first-order chi connectivity index (χ1) is 9.92. The van der Waals surface area contributed by atoms with E-state index in [1.165, 1.54) is 16.7 Å². The van der Waals surface area contributed by atoms with Gasteiger partial charge in [-0.1, -0.05) is 0 Å². The Morgan fingerprint density at radius 2 is 2.00 bits per heavy atom. The summed E-state index contributed by atoms with van der Waals surface area (Å²) in [5.41, 5.74) is 7.16. The number of rotatable bonds is 7. The minimum atomic E-state index is -0.376. The maximum atomic E-state index is 12.6. The van der Waals surface area contributed by atoms with Gasteiger partial charge in [-0.2, -0.15) is 5.10 Å². The van der Waals surface area contributed by atoms with E-state index in [9.17, 15) is 9.59 Å². The molecule has 118 valence electrons. The summed E-state index contributed by atoms with van der Waals surface area (Å²) in [6.07, 6.45) is 0.114. The van der Waals surface area contributed by atoms with Crippen LogP contribution in [0, 0.1) is 6.92 Å². The van der Waals surface area contributed by atoms with Crippen LogP contribution in [0.3, 0.4) is 0 Å². The molecule has 0 aliphatic carbocycles. The zero-order valence-electron chi connectivity index (χ0n) is 12.9. The molecule has 0 bridgehead atoms. The number of methoxy groups -OCH3 is 2. The molecule has 1 amide bonds. The summed E-state index contributed by atoms with van der Waals surface area (Å²) in [6.45, 7) is 2.69. The quantitative estimate of drug-likeness (QED) is 0.709. The number of esters is 1. The summed E-state index contributed by atoms with van der Waals surface area (Å²) >= 11 is 0. The van der Waals surface area contributed by atoms with E-state index in [1.54, 1.807) is 21.1 Å². The number of aromatic nitrogens is 2. The summed E-state index contributed by atoms with van der Waals surface area (Å²) in [5, 5.41) is 4.13. The van der Waals surface area contributed by atoms with Crippen LogP contribution >= 0.6 is 0 Å². The second-order valence-electron chi connectivity index (χ2n) is 4.58. The van der Waals surface area contributed by atoms with Gasteiger partial charge in [0.05, 0.1) is 31.5 Å². The van der Waals surface area contributed by atoms with Crippen LogP contribution in [-0.2, 0) is 21.3 Å². The fourth-order valence-electron chi connectivity index (χ4n) is 1.92. The number of nitrogen functional groups attached to an aromatic ring is 1. The first-order valence-electron chi connectivity index (χ1n) is 6.56. The van der Waals surface area contributed by atoms with Gasteiger partial charge in [0.2, 0.25) is 0 Å². The molecule has 0 aromatic carbocycles. The van der Waals surface area contributed by atoms with Crippen molar-refractivity contribution in [3.05, 3.63) is 11.4 Å². The summed E-state index contributed by atoms with van der Waals surface area (Å²) in [7, 11) is 4.52. The van der Waals surface area contributed by atoms with Gasteiger partial charge in [-0.3, -0.25) is 14.3 Å². The molecular formula is C13H22N4O4. The van der Waals surface area contributed by atoms with Gasteiger partial charge in [-0.05, 0) is 6.92 Å². The summed E-state index contributed by atoms with van der Waals surface area (Å²) in [6, 6.07) is 0. The average molecular weight is 298 g/mol. The highest BCUT2D eigenvalue weighted by Crippen LogP contribution is 2.17. The van der Waals surface area contributed by atoms with Crippen LogP contribution in [-0.4, -0.2) is 60.5 Å². The highest BCUT2D eigenvalue weighted by molar-refractivity contribution is 5.98. The number of hydrogen-bond acceptors (Lipinski definition) is 6. The number of anilines is 1. The van der Waals surface area contributed by atoms with Crippen molar-refractivity contribution in [2.75, 3.05) is 39.6 Å².